The summed E-state index contributed by atoms with van der Waals surface area (Å²) in [5, 5.41) is 3.17. The van der Waals surface area contributed by atoms with Gasteiger partial charge < -0.3 is 29.4 Å². The summed E-state index contributed by atoms with van der Waals surface area (Å²) in [7, 11) is 6.69. The molecule has 40 heavy (non-hydrogen) atoms. The van der Waals surface area contributed by atoms with Crippen molar-refractivity contribution in [1.29, 1.82) is 0 Å². The fraction of sp³-hybridized carbons (Fsp3) is 0.250. The van der Waals surface area contributed by atoms with Gasteiger partial charge in [0, 0.05) is 68.5 Å². The summed E-state index contributed by atoms with van der Waals surface area (Å²) in [6.45, 7) is 2.83. The Morgan fingerprint density at radius 2 is 1.45 bits per heavy atom. The smallest absolute Gasteiger partial charge is 0.330 e. The van der Waals surface area contributed by atoms with Crippen molar-refractivity contribution in [2.24, 2.45) is 0 Å². The van der Waals surface area contributed by atoms with Crippen LogP contribution in [0.4, 0.5) is 11.4 Å². The number of hydrogen-bond acceptors (Lipinski definition) is 7. The van der Waals surface area contributed by atoms with Gasteiger partial charge in [-0.05, 0) is 35.9 Å². The van der Waals surface area contributed by atoms with Gasteiger partial charge in [0.1, 0.15) is 5.82 Å². The number of imidazole rings is 1. The van der Waals surface area contributed by atoms with Crippen LogP contribution in [0.2, 0.25) is 0 Å². The molecule has 208 valence electrons. The van der Waals surface area contributed by atoms with Gasteiger partial charge in [0.2, 0.25) is 0 Å². The fourth-order valence-electron chi connectivity index (χ4n) is 4.32. The van der Waals surface area contributed by atoms with Gasteiger partial charge in [-0.3, -0.25) is 0 Å². The molecule has 0 bridgehead atoms. The first kappa shape index (κ1) is 28.6. The van der Waals surface area contributed by atoms with Gasteiger partial charge in [0.05, 0.1) is 31.7 Å². The van der Waals surface area contributed by atoms with Crippen LogP contribution in [0.5, 0.6) is 0 Å². The van der Waals surface area contributed by atoms with E-state index in [1.54, 1.807) is 20.3 Å². The molecule has 4 aromatic rings. The predicted molar refractivity (Wildman–Crippen MR) is 161 cm³/mol. The maximum Gasteiger partial charge on any atom is 0.330 e. The van der Waals surface area contributed by atoms with Gasteiger partial charge in [0.15, 0.2) is 0 Å². The molecule has 0 spiro atoms. The molecule has 0 unspecified atom stereocenters. The number of carbonyl (C=O) groups excluding carboxylic acids is 1. The Morgan fingerprint density at radius 3 is 2.02 bits per heavy atom. The van der Waals surface area contributed by atoms with Gasteiger partial charge in [-0.15, -0.1) is 0 Å². The van der Waals surface area contributed by atoms with E-state index < -0.39 is 0 Å². The molecule has 0 atom stereocenters. The van der Waals surface area contributed by atoms with E-state index in [-0.39, 0.29) is 5.97 Å². The SMILES string of the molecule is CNc1ccc(-c2[nH]c(-c3ccc(/C=C/C(=O)OC)cc3)nc2-c2ccc(N(CCOC)CCOC)cc2)cc1. The van der Waals surface area contributed by atoms with E-state index in [9.17, 15) is 4.79 Å². The van der Waals surface area contributed by atoms with E-state index in [4.69, 9.17) is 14.5 Å². The maximum atomic E-state index is 11.4. The Hall–Kier alpha value is -4.40. The van der Waals surface area contributed by atoms with Crippen LogP contribution in [0, 0.1) is 0 Å². The summed E-state index contributed by atoms with van der Waals surface area (Å²) >= 11 is 0. The zero-order valence-corrected chi connectivity index (χ0v) is 23.4. The standard InChI is InChI=1S/C32H36N4O4/c1-33-27-14-10-24(11-15-27)30-31(25-12-16-28(17-13-25)36(19-21-38-2)20-22-39-3)35-32(34-30)26-8-5-23(6-9-26)7-18-29(37)40-4/h5-18,33H,19-22H2,1-4H3,(H,34,35)/b18-7+. The first-order chi connectivity index (χ1) is 19.6. The number of esters is 1. The molecule has 8 heteroatoms. The second kappa shape index (κ2) is 14.1. The third kappa shape index (κ3) is 7.16. The van der Waals surface area contributed by atoms with Crippen LogP contribution >= 0.6 is 0 Å². The number of methoxy groups -OCH3 is 3. The summed E-state index contributed by atoms with van der Waals surface area (Å²) in [5.74, 6) is 0.373. The first-order valence-electron chi connectivity index (χ1n) is 13.1. The molecule has 1 heterocycles. The highest BCUT2D eigenvalue weighted by Crippen LogP contribution is 2.34. The van der Waals surface area contributed by atoms with Gasteiger partial charge in [-0.1, -0.05) is 48.5 Å². The van der Waals surface area contributed by atoms with Crippen molar-refractivity contribution in [3.8, 4) is 33.9 Å². The molecule has 1 aromatic heterocycles. The molecular formula is C32H36N4O4. The van der Waals surface area contributed by atoms with Crippen molar-refractivity contribution in [3.63, 3.8) is 0 Å². The van der Waals surface area contributed by atoms with Crippen molar-refractivity contribution >= 4 is 23.4 Å². The lowest BCUT2D eigenvalue weighted by molar-refractivity contribution is -0.134. The van der Waals surface area contributed by atoms with Crippen LogP contribution in [0.25, 0.3) is 40.0 Å². The number of ether oxygens (including phenoxy) is 3. The highest BCUT2D eigenvalue weighted by atomic mass is 16.5. The highest BCUT2D eigenvalue weighted by Gasteiger charge is 2.16. The number of H-pyrrole nitrogens is 1. The summed E-state index contributed by atoms with van der Waals surface area (Å²) < 4.78 is 15.3. The van der Waals surface area contributed by atoms with Crippen molar-refractivity contribution in [2.75, 3.05) is 64.9 Å². The van der Waals surface area contributed by atoms with Gasteiger partial charge >= 0.3 is 5.97 Å². The van der Waals surface area contributed by atoms with E-state index >= 15 is 0 Å². The average Bonchev–Trinajstić information content (AvgIpc) is 3.46. The monoisotopic (exact) mass is 540 g/mol. The number of aromatic nitrogens is 2. The van der Waals surface area contributed by atoms with Crippen LogP contribution in [-0.4, -0.2) is 70.6 Å². The minimum atomic E-state index is -0.389. The first-order valence-corrected chi connectivity index (χ1v) is 13.1. The lowest BCUT2D eigenvalue weighted by Crippen LogP contribution is -2.30. The van der Waals surface area contributed by atoms with Crippen LogP contribution in [0.3, 0.4) is 0 Å². The Bertz CT molecular complexity index is 1390. The van der Waals surface area contributed by atoms with E-state index in [1.807, 2.05) is 31.3 Å². The number of hydrogen-bond donors (Lipinski definition) is 2. The van der Waals surface area contributed by atoms with Crippen LogP contribution in [-0.2, 0) is 19.0 Å². The van der Waals surface area contributed by atoms with E-state index in [0.29, 0.717) is 13.2 Å². The third-order valence-corrected chi connectivity index (χ3v) is 6.60. The predicted octanol–water partition coefficient (Wildman–Crippen LogP) is 5.74. The van der Waals surface area contributed by atoms with E-state index in [0.717, 1.165) is 63.9 Å². The minimum absolute atomic E-state index is 0.389. The zero-order valence-electron chi connectivity index (χ0n) is 23.4. The van der Waals surface area contributed by atoms with Gasteiger partial charge in [0.25, 0.3) is 0 Å². The van der Waals surface area contributed by atoms with E-state index in [1.165, 1.54) is 13.2 Å². The lowest BCUT2D eigenvalue weighted by Gasteiger charge is -2.24. The molecule has 4 rings (SSSR count). The molecule has 0 aliphatic heterocycles. The summed E-state index contributed by atoms with van der Waals surface area (Å²) in [6, 6.07) is 24.6. The van der Waals surface area contributed by atoms with Crippen molar-refractivity contribution in [1.82, 2.24) is 9.97 Å². The summed E-state index contributed by atoms with van der Waals surface area (Å²) in [6.07, 6.45) is 3.13. The number of anilines is 2. The van der Waals surface area contributed by atoms with Crippen molar-refractivity contribution in [3.05, 3.63) is 84.4 Å². The Morgan fingerprint density at radius 1 is 0.850 bits per heavy atom. The second-order valence-corrected chi connectivity index (χ2v) is 9.13. The molecule has 0 aliphatic carbocycles. The van der Waals surface area contributed by atoms with Crippen LogP contribution in [0.1, 0.15) is 5.56 Å². The average molecular weight is 541 g/mol. The quantitative estimate of drug-likeness (QED) is 0.165. The fourth-order valence-corrected chi connectivity index (χ4v) is 4.32. The lowest BCUT2D eigenvalue weighted by atomic mass is 10.0. The minimum Gasteiger partial charge on any atom is -0.466 e. The maximum absolute atomic E-state index is 11.4. The number of carbonyl (C=O) groups is 1. The Balaban J connectivity index is 1.69. The highest BCUT2D eigenvalue weighted by molar-refractivity contribution is 5.87. The van der Waals surface area contributed by atoms with Crippen LogP contribution < -0.4 is 10.2 Å². The largest absolute Gasteiger partial charge is 0.466 e. The van der Waals surface area contributed by atoms with Crippen molar-refractivity contribution in [2.45, 2.75) is 0 Å². The molecule has 2 N–H and O–H groups in total. The number of benzene rings is 3. The number of rotatable bonds is 13. The molecule has 3 aromatic carbocycles. The Labute approximate surface area is 235 Å². The summed E-state index contributed by atoms with van der Waals surface area (Å²) in [5.41, 5.74) is 7.83. The van der Waals surface area contributed by atoms with Crippen LogP contribution in [0.15, 0.2) is 78.9 Å². The number of aromatic amines is 1. The number of nitrogens with zero attached hydrogens (tertiary/aromatic N) is 2. The molecule has 0 fully saturated rings. The normalized spacial score (nSPS) is 11.1. The second-order valence-electron chi connectivity index (χ2n) is 9.13. The van der Waals surface area contributed by atoms with Gasteiger partial charge in [-0.25, -0.2) is 9.78 Å². The number of nitrogens with one attached hydrogen (secondary N) is 2. The van der Waals surface area contributed by atoms with Gasteiger partial charge in [-0.2, -0.15) is 0 Å². The third-order valence-electron chi connectivity index (χ3n) is 6.60. The van der Waals surface area contributed by atoms with Crippen molar-refractivity contribution < 1.29 is 19.0 Å². The molecule has 0 aliphatic rings. The Kier molecular flexibility index (Phi) is 10.1. The molecule has 8 nitrogen and oxygen atoms in total. The molecular weight excluding hydrogens is 504 g/mol. The molecule has 0 amide bonds. The molecule has 0 radical (unpaired) electrons. The zero-order chi connectivity index (χ0) is 28.3. The molecule has 0 saturated carbocycles. The topological polar surface area (TPSA) is 88.7 Å². The molecule has 0 saturated heterocycles. The summed E-state index contributed by atoms with van der Waals surface area (Å²) in [4.78, 5) is 22.3. The van der Waals surface area contributed by atoms with E-state index in [2.05, 4.69) is 68.5 Å².